The largest absolute Gasteiger partial charge is 0.340 e. The highest BCUT2D eigenvalue weighted by atomic mass is 16.2. The van der Waals surface area contributed by atoms with Crippen LogP contribution in [0.25, 0.3) is 11.1 Å². The molecule has 0 spiro atoms. The Labute approximate surface area is 138 Å². The molecular formula is C19H25N3O. The maximum atomic E-state index is 12.3. The van der Waals surface area contributed by atoms with Crippen molar-refractivity contribution in [2.24, 2.45) is 0 Å². The van der Waals surface area contributed by atoms with E-state index >= 15 is 0 Å². The van der Waals surface area contributed by atoms with Gasteiger partial charge < -0.3 is 4.90 Å². The van der Waals surface area contributed by atoms with E-state index in [1.807, 2.05) is 29.1 Å². The Morgan fingerprint density at radius 1 is 1.22 bits per heavy atom. The predicted molar refractivity (Wildman–Crippen MR) is 91.9 cm³/mol. The topological polar surface area (TPSA) is 38.1 Å². The van der Waals surface area contributed by atoms with Crippen molar-refractivity contribution in [1.82, 2.24) is 14.7 Å². The van der Waals surface area contributed by atoms with E-state index in [4.69, 9.17) is 0 Å². The van der Waals surface area contributed by atoms with Crippen molar-refractivity contribution < 1.29 is 4.79 Å². The SMILES string of the molecule is CC1CCCCN1C(=O)CCCn1cc(-c2ccccc2)cn1. The van der Waals surface area contributed by atoms with Crippen LogP contribution in [0.3, 0.4) is 0 Å². The summed E-state index contributed by atoms with van der Waals surface area (Å²) in [7, 11) is 0. The molecule has 0 saturated carbocycles. The normalized spacial score (nSPS) is 18.1. The Hall–Kier alpha value is -2.10. The van der Waals surface area contributed by atoms with Crippen molar-refractivity contribution >= 4 is 5.91 Å². The van der Waals surface area contributed by atoms with Crippen LogP contribution in [0.4, 0.5) is 0 Å². The molecular weight excluding hydrogens is 286 g/mol. The molecule has 3 rings (SSSR count). The predicted octanol–water partition coefficient (Wildman–Crippen LogP) is 3.73. The summed E-state index contributed by atoms with van der Waals surface area (Å²) in [5, 5.41) is 4.41. The number of aromatic nitrogens is 2. The van der Waals surface area contributed by atoms with E-state index in [1.165, 1.54) is 12.0 Å². The van der Waals surface area contributed by atoms with Gasteiger partial charge in [-0.1, -0.05) is 30.3 Å². The second kappa shape index (κ2) is 7.44. The van der Waals surface area contributed by atoms with Crippen LogP contribution >= 0.6 is 0 Å². The quantitative estimate of drug-likeness (QED) is 0.844. The van der Waals surface area contributed by atoms with E-state index in [2.05, 4.69) is 35.3 Å². The van der Waals surface area contributed by atoms with Crippen LogP contribution in [0.5, 0.6) is 0 Å². The fourth-order valence-electron chi connectivity index (χ4n) is 3.27. The van der Waals surface area contributed by atoms with E-state index in [9.17, 15) is 4.79 Å². The fraction of sp³-hybridized carbons (Fsp3) is 0.474. The summed E-state index contributed by atoms with van der Waals surface area (Å²) in [6, 6.07) is 10.7. The smallest absolute Gasteiger partial charge is 0.222 e. The molecule has 1 atom stereocenters. The van der Waals surface area contributed by atoms with Gasteiger partial charge in [0.15, 0.2) is 0 Å². The number of piperidine rings is 1. The van der Waals surface area contributed by atoms with Gasteiger partial charge in [-0.2, -0.15) is 5.10 Å². The highest BCUT2D eigenvalue weighted by Gasteiger charge is 2.22. The second-order valence-corrected chi connectivity index (χ2v) is 6.39. The molecule has 4 nitrogen and oxygen atoms in total. The van der Waals surface area contributed by atoms with E-state index in [0.29, 0.717) is 18.4 Å². The molecule has 2 aromatic rings. The molecule has 1 fully saturated rings. The number of hydrogen-bond donors (Lipinski definition) is 0. The minimum Gasteiger partial charge on any atom is -0.340 e. The molecule has 2 heterocycles. The number of benzene rings is 1. The standard InChI is InChI=1S/C19H25N3O/c1-16-8-5-6-13-22(16)19(23)11-7-12-21-15-18(14-20-21)17-9-3-2-4-10-17/h2-4,9-10,14-16H,5-8,11-13H2,1H3. The molecule has 1 unspecified atom stereocenters. The Balaban J connectivity index is 1.49. The van der Waals surface area contributed by atoms with Crippen LogP contribution in [0, 0.1) is 0 Å². The molecule has 0 bridgehead atoms. The van der Waals surface area contributed by atoms with Gasteiger partial charge >= 0.3 is 0 Å². The Morgan fingerprint density at radius 2 is 2.04 bits per heavy atom. The first-order valence-electron chi connectivity index (χ1n) is 8.61. The Bertz CT molecular complexity index is 635. The van der Waals surface area contributed by atoms with Gasteiger partial charge in [-0.05, 0) is 38.2 Å². The molecule has 1 amide bonds. The third kappa shape index (κ3) is 4.01. The van der Waals surface area contributed by atoms with Gasteiger partial charge in [0.2, 0.25) is 5.91 Å². The monoisotopic (exact) mass is 311 g/mol. The number of likely N-dealkylation sites (tertiary alicyclic amines) is 1. The Morgan fingerprint density at radius 3 is 2.83 bits per heavy atom. The molecule has 4 heteroatoms. The van der Waals surface area contributed by atoms with Crippen molar-refractivity contribution in [3.8, 4) is 11.1 Å². The maximum Gasteiger partial charge on any atom is 0.222 e. The lowest BCUT2D eigenvalue weighted by Crippen LogP contribution is -2.41. The van der Waals surface area contributed by atoms with E-state index in [0.717, 1.165) is 37.9 Å². The summed E-state index contributed by atoms with van der Waals surface area (Å²) in [6.45, 7) is 3.89. The molecule has 0 radical (unpaired) electrons. The number of carbonyl (C=O) groups is 1. The molecule has 0 N–H and O–H groups in total. The first-order valence-corrected chi connectivity index (χ1v) is 8.61. The molecule has 1 aliphatic heterocycles. The van der Waals surface area contributed by atoms with Crippen molar-refractivity contribution in [3.63, 3.8) is 0 Å². The lowest BCUT2D eigenvalue weighted by molar-refractivity contribution is -0.134. The molecule has 122 valence electrons. The van der Waals surface area contributed by atoms with Gasteiger partial charge in [-0.3, -0.25) is 9.48 Å². The minimum absolute atomic E-state index is 0.299. The van der Waals surface area contributed by atoms with Gasteiger partial charge in [-0.25, -0.2) is 0 Å². The molecule has 1 aliphatic rings. The van der Waals surface area contributed by atoms with Gasteiger partial charge in [0.25, 0.3) is 0 Å². The average molecular weight is 311 g/mol. The van der Waals surface area contributed by atoms with Crippen LogP contribution in [0.1, 0.15) is 39.0 Å². The zero-order chi connectivity index (χ0) is 16.1. The van der Waals surface area contributed by atoms with Crippen LogP contribution in [0.15, 0.2) is 42.7 Å². The van der Waals surface area contributed by atoms with Crippen molar-refractivity contribution in [2.75, 3.05) is 6.54 Å². The van der Waals surface area contributed by atoms with Crippen LogP contribution < -0.4 is 0 Å². The third-order valence-electron chi connectivity index (χ3n) is 4.64. The van der Waals surface area contributed by atoms with E-state index < -0.39 is 0 Å². The first kappa shape index (κ1) is 15.8. The second-order valence-electron chi connectivity index (χ2n) is 6.39. The highest BCUT2D eigenvalue weighted by Crippen LogP contribution is 2.19. The summed E-state index contributed by atoms with van der Waals surface area (Å²) in [4.78, 5) is 14.4. The molecule has 1 aromatic carbocycles. The van der Waals surface area contributed by atoms with Gasteiger partial charge in [0.1, 0.15) is 0 Å². The number of carbonyl (C=O) groups excluding carboxylic acids is 1. The van der Waals surface area contributed by atoms with Crippen molar-refractivity contribution in [2.45, 2.75) is 51.6 Å². The van der Waals surface area contributed by atoms with Crippen LogP contribution in [-0.4, -0.2) is 33.2 Å². The maximum absolute atomic E-state index is 12.3. The summed E-state index contributed by atoms with van der Waals surface area (Å²) >= 11 is 0. The first-order chi connectivity index (χ1) is 11.2. The lowest BCUT2D eigenvalue weighted by Gasteiger charge is -2.33. The van der Waals surface area contributed by atoms with Crippen molar-refractivity contribution in [3.05, 3.63) is 42.7 Å². The van der Waals surface area contributed by atoms with E-state index in [1.54, 1.807) is 0 Å². The molecule has 0 aliphatic carbocycles. The summed E-state index contributed by atoms with van der Waals surface area (Å²) < 4.78 is 1.94. The molecule has 1 aromatic heterocycles. The molecule has 1 saturated heterocycles. The minimum atomic E-state index is 0.299. The molecule has 23 heavy (non-hydrogen) atoms. The number of rotatable bonds is 5. The zero-order valence-corrected chi connectivity index (χ0v) is 13.8. The lowest BCUT2D eigenvalue weighted by atomic mass is 10.0. The van der Waals surface area contributed by atoms with Gasteiger partial charge in [-0.15, -0.1) is 0 Å². The van der Waals surface area contributed by atoms with E-state index in [-0.39, 0.29) is 0 Å². The third-order valence-corrected chi connectivity index (χ3v) is 4.64. The van der Waals surface area contributed by atoms with Crippen LogP contribution in [-0.2, 0) is 11.3 Å². The summed E-state index contributed by atoms with van der Waals surface area (Å²) in [5.74, 6) is 0.299. The van der Waals surface area contributed by atoms with Crippen molar-refractivity contribution in [1.29, 1.82) is 0 Å². The number of amides is 1. The fourth-order valence-corrected chi connectivity index (χ4v) is 3.27. The number of aryl methyl sites for hydroxylation is 1. The Kier molecular flexibility index (Phi) is 5.11. The highest BCUT2D eigenvalue weighted by molar-refractivity contribution is 5.76. The summed E-state index contributed by atoms with van der Waals surface area (Å²) in [5.41, 5.74) is 2.30. The van der Waals surface area contributed by atoms with Gasteiger partial charge in [0.05, 0.1) is 6.20 Å². The van der Waals surface area contributed by atoms with Gasteiger partial charge in [0, 0.05) is 37.3 Å². The zero-order valence-electron chi connectivity index (χ0n) is 13.8. The van der Waals surface area contributed by atoms with Crippen LogP contribution in [0.2, 0.25) is 0 Å². The summed E-state index contributed by atoms with van der Waals surface area (Å²) in [6.07, 6.45) is 8.96. The number of hydrogen-bond acceptors (Lipinski definition) is 2. The number of nitrogens with zero attached hydrogens (tertiary/aromatic N) is 3. The average Bonchev–Trinajstić information content (AvgIpc) is 3.05.